The first-order valence-corrected chi connectivity index (χ1v) is 9.33. The molecule has 24 heavy (non-hydrogen) atoms. The highest BCUT2D eigenvalue weighted by molar-refractivity contribution is 9.10. The first-order valence-electron chi connectivity index (χ1n) is 8.53. The fraction of sp³-hybridized carbons (Fsp3) is 0.350. The second-order valence-corrected chi connectivity index (χ2v) is 7.15. The number of hydrogen-bond acceptors (Lipinski definition) is 2. The molecule has 1 amide bonds. The molecule has 0 aromatic heterocycles. The van der Waals surface area contributed by atoms with E-state index >= 15 is 0 Å². The molecule has 1 heterocycles. The van der Waals surface area contributed by atoms with Crippen molar-refractivity contribution in [1.82, 2.24) is 9.80 Å². The van der Waals surface area contributed by atoms with E-state index < -0.39 is 0 Å². The maximum Gasteiger partial charge on any atom is 0.253 e. The molecule has 0 spiro atoms. The van der Waals surface area contributed by atoms with Gasteiger partial charge in [-0.2, -0.15) is 0 Å². The van der Waals surface area contributed by atoms with Crippen LogP contribution in [0.3, 0.4) is 0 Å². The Morgan fingerprint density at radius 3 is 2.25 bits per heavy atom. The number of rotatable bonds is 5. The molecular weight excluding hydrogens is 364 g/mol. The lowest BCUT2D eigenvalue weighted by Gasteiger charge is -2.34. The summed E-state index contributed by atoms with van der Waals surface area (Å²) in [5.41, 5.74) is 2.18. The molecule has 0 aliphatic carbocycles. The Hall–Kier alpha value is -1.65. The van der Waals surface area contributed by atoms with E-state index in [2.05, 4.69) is 51.2 Å². The van der Waals surface area contributed by atoms with Gasteiger partial charge in [-0.05, 0) is 49.2 Å². The van der Waals surface area contributed by atoms with Crippen molar-refractivity contribution in [3.63, 3.8) is 0 Å². The number of amides is 1. The van der Waals surface area contributed by atoms with Crippen LogP contribution >= 0.6 is 15.9 Å². The number of carbonyl (C=O) groups excluding carboxylic acids is 1. The molecule has 1 aliphatic rings. The van der Waals surface area contributed by atoms with Crippen LogP contribution in [0.15, 0.2) is 59.1 Å². The summed E-state index contributed by atoms with van der Waals surface area (Å²) in [6.07, 6.45) is 2.30. The maximum atomic E-state index is 12.5. The van der Waals surface area contributed by atoms with Crippen molar-refractivity contribution in [2.45, 2.75) is 12.8 Å². The molecule has 3 rings (SSSR count). The van der Waals surface area contributed by atoms with Crippen LogP contribution < -0.4 is 0 Å². The van der Waals surface area contributed by atoms with Crippen LogP contribution in [0, 0.1) is 0 Å². The molecule has 0 bridgehead atoms. The van der Waals surface area contributed by atoms with E-state index in [0.29, 0.717) is 0 Å². The predicted molar refractivity (Wildman–Crippen MR) is 101 cm³/mol. The van der Waals surface area contributed by atoms with E-state index in [1.807, 2.05) is 29.2 Å². The third-order valence-corrected chi connectivity index (χ3v) is 5.06. The Bertz CT molecular complexity index is 649. The fourth-order valence-electron chi connectivity index (χ4n) is 3.10. The minimum Gasteiger partial charge on any atom is -0.336 e. The topological polar surface area (TPSA) is 23.6 Å². The Morgan fingerprint density at radius 2 is 1.58 bits per heavy atom. The van der Waals surface area contributed by atoms with Gasteiger partial charge < -0.3 is 4.90 Å². The second-order valence-electron chi connectivity index (χ2n) is 6.23. The molecule has 0 radical (unpaired) electrons. The molecule has 1 fully saturated rings. The van der Waals surface area contributed by atoms with Crippen LogP contribution in [0.1, 0.15) is 22.3 Å². The molecule has 4 heteroatoms. The number of aryl methyl sites for hydroxylation is 1. The molecule has 0 N–H and O–H groups in total. The van der Waals surface area contributed by atoms with Gasteiger partial charge in [0.25, 0.3) is 5.91 Å². The summed E-state index contributed by atoms with van der Waals surface area (Å²) in [5.74, 6) is 0.145. The van der Waals surface area contributed by atoms with E-state index in [9.17, 15) is 4.79 Å². The monoisotopic (exact) mass is 386 g/mol. The number of nitrogens with zero attached hydrogens (tertiary/aromatic N) is 2. The van der Waals surface area contributed by atoms with Crippen molar-refractivity contribution in [2.24, 2.45) is 0 Å². The molecule has 0 unspecified atom stereocenters. The summed E-state index contributed by atoms with van der Waals surface area (Å²) in [6, 6.07) is 18.3. The number of hydrogen-bond donors (Lipinski definition) is 0. The van der Waals surface area contributed by atoms with Crippen LogP contribution in [0.4, 0.5) is 0 Å². The van der Waals surface area contributed by atoms with Gasteiger partial charge in [0.1, 0.15) is 0 Å². The minimum absolute atomic E-state index is 0.145. The number of carbonyl (C=O) groups is 1. The summed E-state index contributed by atoms with van der Waals surface area (Å²) in [4.78, 5) is 16.9. The van der Waals surface area contributed by atoms with E-state index in [4.69, 9.17) is 0 Å². The molecule has 0 saturated carbocycles. The lowest BCUT2D eigenvalue weighted by molar-refractivity contribution is 0.0636. The van der Waals surface area contributed by atoms with E-state index in [-0.39, 0.29) is 5.91 Å². The van der Waals surface area contributed by atoms with Crippen molar-refractivity contribution >= 4 is 21.8 Å². The maximum absolute atomic E-state index is 12.5. The van der Waals surface area contributed by atoms with Crippen LogP contribution in [-0.2, 0) is 6.42 Å². The lowest BCUT2D eigenvalue weighted by atomic mass is 10.1. The van der Waals surface area contributed by atoms with Crippen LogP contribution in [-0.4, -0.2) is 48.4 Å². The Balaban J connectivity index is 1.42. The number of piperazine rings is 1. The molecule has 1 saturated heterocycles. The average Bonchev–Trinajstić information content (AvgIpc) is 2.63. The normalized spacial score (nSPS) is 15.5. The third kappa shape index (κ3) is 4.68. The van der Waals surface area contributed by atoms with Gasteiger partial charge in [-0.15, -0.1) is 0 Å². The summed E-state index contributed by atoms with van der Waals surface area (Å²) in [6.45, 7) is 4.68. The number of benzene rings is 2. The second kappa shape index (κ2) is 8.45. The van der Waals surface area contributed by atoms with Crippen molar-refractivity contribution < 1.29 is 4.79 Å². The highest BCUT2D eigenvalue weighted by atomic mass is 79.9. The van der Waals surface area contributed by atoms with Crippen molar-refractivity contribution in [1.29, 1.82) is 0 Å². The quantitative estimate of drug-likeness (QED) is 0.779. The van der Waals surface area contributed by atoms with E-state index in [1.165, 1.54) is 12.0 Å². The Kier molecular flexibility index (Phi) is 6.05. The average molecular weight is 387 g/mol. The summed E-state index contributed by atoms with van der Waals surface area (Å²) < 4.78 is 1.00. The van der Waals surface area contributed by atoms with Gasteiger partial charge >= 0.3 is 0 Å². The molecular formula is C20H23BrN2O. The zero-order valence-corrected chi connectivity index (χ0v) is 15.4. The zero-order valence-electron chi connectivity index (χ0n) is 13.8. The van der Waals surface area contributed by atoms with Crippen LogP contribution in [0.5, 0.6) is 0 Å². The Labute approximate surface area is 152 Å². The van der Waals surface area contributed by atoms with Crippen LogP contribution in [0.25, 0.3) is 0 Å². The first kappa shape index (κ1) is 17.2. The standard InChI is InChI=1S/C20H23BrN2O/c21-19-10-8-18(9-11-19)20(24)23-15-13-22(14-16-23)12-4-7-17-5-2-1-3-6-17/h1-3,5-6,8-11H,4,7,12-16H2. The molecule has 126 valence electrons. The first-order chi connectivity index (χ1) is 11.7. The van der Waals surface area contributed by atoms with Gasteiger partial charge in [-0.1, -0.05) is 46.3 Å². The molecule has 3 nitrogen and oxygen atoms in total. The molecule has 1 aliphatic heterocycles. The van der Waals surface area contributed by atoms with E-state index in [1.54, 1.807) is 0 Å². The molecule has 0 atom stereocenters. The molecule has 2 aromatic rings. The van der Waals surface area contributed by atoms with Gasteiger partial charge in [0, 0.05) is 36.2 Å². The minimum atomic E-state index is 0.145. The highest BCUT2D eigenvalue weighted by Gasteiger charge is 2.21. The molecule has 2 aromatic carbocycles. The van der Waals surface area contributed by atoms with Crippen LogP contribution in [0.2, 0.25) is 0 Å². The van der Waals surface area contributed by atoms with Crippen molar-refractivity contribution in [2.75, 3.05) is 32.7 Å². The van der Waals surface area contributed by atoms with Gasteiger partial charge in [-0.3, -0.25) is 9.69 Å². The largest absolute Gasteiger partial charge is 0.336 e. The lowest BCUT2D eigenvalue weighted by Crippen LogP contribution is -2.48. The number of halogens is 1. The van der Waals surface area contributed by atoms with Crippen molar-refractivity contribution in [3.05, 3.63) is 70.2 Å². The summed E-state index contributed by atoms with van der Waals surface area (Å²) in [7, 11) is 0. The zero-order chi connectivity index (χ0) is 16.8. The van der Waals surface area contributed by atoms with Gasteiger partial charge in [0.05, 0.1) is 0 Å². The Morgan fingerprint density at radius 1 is 0.917 bits per heavy atom. The highest BCUT2D eigenvalue weighted by Crippen LogP contribution is 2.14. The summed E-state index contributed by atoms with van der Waals surface area (Å²) in [5, 5.41) is 0. The van der Waals surface area contributed by atoms with Crippen molar-refractivity contribution in [3.8, 4) is 0 Å². The van der Waals surface area contributed by atoms with Gasteiger partial charge in [0.15, 0.2) is 0 Å². The van der Waals surface area contributed by atoms with Gasteiger partial charge in [-0.25, -0.2) is 0 Å². The predicted octanol–water partition coefficient (Wildman–Crippen LogP) is 3.84. The smallest absolute Gasteiger partial charge is 0.253 e. The summed E-state index contributed by atoms with van der Waals surface area (Å²) >= 11 is 3.41. The van der Waals surface area contributed by atoms with E-state index in [0.717, 1.165) is 49.2 Å². The third-order valence-electron chi connectivity index (χ3n) is 4.53. The SMILES string of the molecule is O=C(c1ccc(Br)cc1)N1CCN(CCCc2ccccc2)CC1. The fourth-order valence-corrected chi connectivity index (χ4v) is 3.37. The van der Waals surface area contributed by atoms with Gasteiger partial charge in [0.2, 0.25) is 0 Å².